The number of rotatable bonds is 4. The lowest BCUT2D eigenvalue weighted by atomic mass is 10.1. The lowest BCUT2D eigenvalue weighted by Gasteiger charge is -2.15. The molecule has 1 aromatic heterocycles. The van der Waals surface area contributed by atoms with Crippen LogP contribution < -0.4 is 0 Å². The van der Waals surface area contributed by atoms with Crippen LogP contribution in [0.3, 0.4) is 0 Å². The molecular formula is C15H24N2O. The fourth-order valence-electron chi connectivity index (χ4n) is 3.66. The molecule has 0 spiro atoms. The first-order chi connectivity index (χ1) is 8.65. The molecule has 0 saturated heterocycles. The summed E-state index contributed by atoms with van der Waals surface area (Å²) in [5.41, 5.74) is 2.65. The third-order valence-corrected chi connectivity index (χ3v) is 4.95. The Morgan fingerprint density at radius 2 is 2.06 bits per heavy atom. The molecule has 18 heavy (non-hydrogen) atoms. The molecule has 3 heteroatoms. The molecule has 0 amide bonds. The number of aliphatic hydroxyl groups is 1. The van der Waals surface area contributed by atoms with Crippen molar-refractivity contribution in [2.24, 2.45) is 11.8 Å². The Balaban J connectivity index is 1.86. The molecule has 100 valence electrons. The average Bonchev–Trinajstić information content (AvgIpc) is 2.78. The van der Waals surface area contributed by atoms with E-state index in [0.29, 0.717) is 12.0 Å². The first-order valence-corrected chi connectivity index (χ1v) is 7.42. The van der Waals surface area contributed by atoms with Gasteiger partial charge in [0.15, 0.2) is 0 Å². The highest BCUT2D eigenvalue weighted by molar-refractivity contribution is 5.27. The van der Waals surface area contributed by atoms with Crippen molar-refractivity contribution in [3.8, 4) is 0 Å². The third kappa shape index (κ3) is 1.80. The van der Waals surface area contributed by atoms with E-state index in [9.17, 15) is 5.11 Å². The zero-order valence-corrected chi connectivity index (χ0v) is 11.6. The standard InChI is InChI=1S/C15H24N2O/c1-4-9(3)17-14(6-10(5-2)16-17)15-12-7-11(18)8-13(12)15/h6,9,11-13,15,18H,4-5,7-8H2,1-3H3. The molecule has 2 aliphatic rings. The smallest absolute Gasteiger partial charge is 0.0625 e. The van der Waals surface area contributed by atoms with Gasteiger partial charge in [-0.2, -0.15) is 5.10 Å². The minimum absolute atomic E-state index is 0.0399. The van der Waals surface area contributed by atoms with Crippen LogP contribution in [0.5, 0.6) is 0 Å². The number of hydrogen-bond donors (Lipinski definition) is 1. The van der Waals surface area contributed by atoms with Crippen molar-refractivity contribution in [3.63, 3.8) is 0 Å². The van der Waals surface area contributed by atoms with Crippen LogP contribution in [0.15, 0.2) is 6.07 Å². The van der Waals surface area contributed by atoms with Gasteiger partial charge in [0, 0.05) is 17.7 Å². The van der Waals surface area contributed by atoms with Crippen molar-refractivity contribution in [1.82, 2.24) is 9.78 Å². The van der Waals surface area contributed by atoms with Gasteiger partial charge in [0.2, 0.25) is 0 Å². The van der Waals surface area contributed by atoms with Gasteiger partial charge in [0.05, 0.1) is 11.8 Å². The molecule has 0 radical (unpaired) electrons. The van der Waals surface area contributed by atoms with Crippen LogP contribution in [-0.4, -0.2) is 21.0 Å². The van der Waals surface area contributed by atoms with Gasteiger partial charge in [0.1, 0.15) is 0 Å². The Hall–Kier alpha value is -0.830. The van der Waals surface area contributed by atoms with E-state index in [1.165, 1.54) is 11.4 Å². The van der Waals surface area contributed by atoms with Crippen LogP contribution in [0, 0.1) is 11.8 Å². The zero-order chi connectivity index (χ0) is 12.9. The molecule has 3 rings (SSSR count). The summed E-state index contributed by atoms with van der Waals surface area (Å²) in [6, 6.07) is 2.80. The largest absolute Gasteiger partial charge is 0.393 e. The summed E-state index contributed by atoms with van der Waals surface area (Å²) < 4.78 is 2.26. The molecular weight excluding hydrogens is 224 g/mol. The summed E-state index contributed by atoms with van der Waals surface area (Å²) in [6.07, 6.45) is 4.11. The van der Waals surface area contributed by atoms with Crippen LogP contribution >= 0.6 is 0 Å². The average molecular weight is 248 g/mol. The van der Waals surface area contributed by atoms with Gasteiger partial charge in [-0.15, -0.1) is 0 Å². The molecule has 0 bridgehead atoms. The van der Waals surface area contributed by atoms with Crippen molar-refractivity contribution in [2.75, 3.05) is 0 Å². The van der Waals surface area contributed by atoms with Crippen molar-refractivity contribution >= 4 is 0 Å². The number of aryl methyl sites for hydroxylation is 1. The van der Waals surface area contributed by atoms with E-state index in [1.54, 1.807) is 0 Å². The van der Waals surface area contributed by atoms with Gasteiger partial charge in [0.25, 0.3) is 0 Å². The lowest BCUT2D eigenvalue weighted by Crippen LogP contribution is -2.12. The predicted molar refractivity (Wildman–Crippen MR) is 71.6 cm³/mol. The summed E-state index contributed by atoms with van der Waals surface area (Å²) in [4.78, 5) is 0. The zero-order valence-electron chi connectivity index (χ0n) is 11.6. The van der Waals surface area contributed by atoms with E-state index in [2.05, 4.69) is 31.5 Å². The van der Waals surface area contributed by atoms with E-state index in [1.807, 2.05) is 0 Å². The summed E-state index contributed by atoms with van der Waals surface area (Å²) in [7, 11) is 0. The van der Waals surface area contributed by atoms with Crippen LogP contribution in [0.4, 0.5) is 0 Å². The Morgan fingerprint density at radius 1 is 1.39 bits per heavy atom. The Labute approximate surface area is 109 Å². The fraction of sp³-hybridized carbons (Fsp3) is 0.800. The van der Waals surface area contributed by atoms with Gasteiger partial charge < -0.3 is 5.11 Å². The number of fused-ring (bicyclic) bond motifs is 1. The number of nitrogens with zero attached hydrogens (tertiary/aromatic N) is 2. The normalized spacial score (nSPS) is 35.6. The van der Waals surface area contributed by atoms with Gasteiger partial charge in [-0.1, -0.05) is 13.8 Å². The number of aliphatic hydroxyl groups excluding tert-OH is 1. The highest BCUT2D eigenvalue weighted by Gasteiger charge is 2.57. The minimum Gasteiger partial charge on any atom is -0.393 e. The van der Waals surface area contributed by atoms with Crippen LogP contribution in [0.25, 0.3) is 0 Å². The van der Waals surface area contributed by atoms with Crippen LogP contribution in [0.2, 0.25) is 0 Å². The maximum Gasteiger partial charge on any atom is 0.0625 e. The van der Waals surface area contributed by atoms with Gasteiger partial charge in [-0.25, -0.2) is 0 Å². The summed E-state index contributed by atoms with van der Waals surface area (Å²) in [5.74, 6) is 2.13. The van der Waals surface area contributed by atoms with Crippen molar-refractivity contribution in [2.45, 2.75) is 64.5 Å². The Bertz CT molecular complexity index is 428. The first-order valence-electron chi connectivity index (χ1n) is 7.42. The van der Waals surface area contributed by atoms with Gasteiger partial charge in [-0.3, -0.25) is 4.68 Å². The molecule has 2 fully saturated rings. The first kappa shape index (κ1) is 12.2. The Kier molecular flexibility index (Phi) is 2.97. The van der Waals surface area contributed by atoms with E-state index < -0.39 is 0 Å². The van der Waals surface area contributed by atoms with E-state index in [4.69, 9.17) is 5.10 Å². The van der Waals surface area contributed by atoms with E-state index in [0.717, 1.165) is 37.5 Å². The molecule has 1 aromatic rings. The molecule has 2 aliphatic carbocycles. The molecule has 1 N–H and O–H groups in total. The molecule has 0 aliphatic heterocycles. The monoisotopic (exact) mass is 248 g/mol. The fourth-order valence-corrected chi connectivity index (χ4v) is 3.66. The third-order valence-electron chi connectivity index (χ3n) is 4.95. The van der Waals surface area contributed by atoms with Crippen molar-refractivity contribution < 1.29 is 5.11 Å². The number of hydrogen-bond acceptors (Lipinski definition) is 2. The number of aromatic nitrogens is 2. The topological polar surface area (TPSA) is 38.0 Å². The van der Waals surface area contributed by atoms with Gasteiger partial charge in [-0.05, 0) is 50.5 Å². The molecule has 3 nitrogen and oxygen atoms in total. The van der Waals surface area contributed by atoms with E-state index >= 15 is 0 Å². The predicted octanol–water partition coefficient (Wildman–Crippen LogP) is 2.90. The maximum absolute atomic E-state index is 9.65. The second kappa shape index (κ2) is 4.37. The highest BCUT2D eigenvalue weighted by Crippen LogP contribution is 2.63. The minimum atomic E-state index is -0.0399. The lowest BCUT2D eigenvalue weighted by molar-refractivity contribution is 0.165. The second-order valence-electron chi connectivity index (χ2n) is 6.09. The quantitative estimate of drug-likeness (QED) is 0.889. The molecule has 1 heterocycles. The SMILES string of the molecule is CCc1cc(C2C3CC(O)CC32)n(C(C)CC)n1. The van der Waals surface area contributed by atoms with Crippen LogP contribution in [-0.2, 0) is 6.42 Å². The summed E-state index contributed by atoms with van der Waals surface area (Å²) in [5, 5.41) is 14.4. The Morgan fingerprint density at radius 3 is 2.61 bits per heavy atom. The van der Waals surface area contributed by atoms with Crippen molar-refractivity contribution in [3.05, 3.63) is 17.5 Å². The summed E-state index contributed by atoms with van der Waals surface area (Å²) in [6.45, 7) is 6.65. The maximum atomic E-state index is 9.65. The van der Waals surface area contributed by atoms with Crippen molar-refractivity contribution in [1.29, 1.82) is 0 Å². The molecule has 0 aromatic carbocycles. The highest BCUT2D eigenvalue weighted by atomic mass is 16.3. The second-order valence-corrected chi connectivity index (χ2v) is 6.09. The van der Waals surface area contributed by atoms with E-state index in [-0.39, 0.29) is 6.10 Å². The molecule has 2 saturated carbocycles. The molecule has 3 atom stereocenters. The van der Waals surface area contributed by atoms with Gasteiger partial charge >= 0.3 is 0 Å². The summed E-state index contributed by atoms with van der Waals surface area (Å²) >= 11 is 0. The molecule has 3 unspecified atom stereocenters. The van der Waals surface area contributed by atoms with Crippen LogP contribution in [0.1, 0.15) is 63.4 Å².